The number of carbonyl (C=O) groups is 1. The van der Waals surface area contributed by atoms with Crippen molar-refractivity contribution in [3.63, 3.8) is 0 Å². The van der Waals surface area contributed by atoms with E-state index in [1.165, 1.54) is 12.1 Å². The van der Waals surface area contributed by atoms with Crippen LogP contribution in [0.3, 0.4) is 0 Å². The molecule has 0 spiro atoms. The molecule has 8 heteroatoms. The lowest BCUT2D eigenvalue weighted by Gasteiger charge is -2.32. The van der Waals surface area contributed by atoms with Gasteiger partial charge in [-0.2, -0.15) is 4.98 Å². The van der Waals surface area contributed by atoms with E-state index in [-0.39, 0.29) is 17.8 Å². The van der Waals surface area contributed by atoms with E-state index in [1.54, 1.807) is 12.1 Å². The van der Waals surface area contributed by atoms with Gasteiger partial charge >= 0.3 is 0 Å². The predicted molar refractivity (Wildman–Crippen MR) is 117 cm³/mol. The average molecular weight is 421 g/mol. The summed E-state index contributed by atoms with van der Waals surface area (Å²) < 4.78 is 13.1. The fourth-order valence-electron chi connectivity index (χ4n) is 3.46. The molecule has 0 fully saturated rings. The molecule has 1 aromatic heterocycles. The minimum absolute atomic E-state index is 0.0784. The van der Waals surface area contributed by atoms with E-state index in [9.17, 15) is 14.3 Å². The van der Waals surface area contributed by atoms with E-state index in [0.29, 0.717) is 35.3 Å². The quantitative estimate of drug-likeness (QED) is 0.585. The number of amides is 1. The van der Waals surface area contributed by atoms with Crippen molar-refractivity contribution in [2.24, 2.45) is 0 Å². The van der Waals surface area contributed by atoms with Crippen molar-refractivity contribution in [1.29, 1.82) is 0 Å². The standard InChI is InChI=1S/C23H24FN5O2/c1-13-19-21(29(3)14(2)22(31)27-19)28-23(26-13)25-12-15-4-6-16(7-5-15)20(30)17-8-10-18(24)11-9-17/h4-11,14,20,30H,12H2,1-3H3,(H,27,31)(H,25,26,28)/t14-,20?/m0/s1. The smallest absolute Gasteiger partial charge is 0.246 e. The third-order valence-electron chi connectivity index (χ3n) is 5.55. The Morgan fingerprint density at radius 2 is 1.74 bits per heavy atom. The van der Waals surface area contributed by atoms with Gasteiger partial charge in [-0.3, -0.25) is 4.79 Å². The Morgan fingerprint density at radius 1 is 1.13 bits per heavy atom. The fraction of sp³-hybridized carbons (Fsp3) is 0.261. The Hall–Kier alpha value is -3.52. The van der Waals surface area contributed by atoms with Crippen LogP contribution in [-0.4, -0.2) is 34.1 Å². The molecule has 2 heterocycles. The lowest BCUT2D eigenvalue weighted by molar-refractivity contribution is -0.117. The first-order chi connectivity index (χ1) is 14.8. The second-order valence-corrected chi connectivity index (χ2v) is 7.66. The third kappa shape index (κ3) is 4.20. The molecular formula is C23H24FN5O2. The molecule has 2 aromatic carbocycles. The van der Waals surface area contributed by atoms with Crippen molar-refractivity contribution < 1.29 is 14.3 Å². The second-order valence-electron chi connectivity index (χ2n) is 7.66. The van der Waals surface area contributed by atoms with E-state index in [1.807, 2.05) is 50.1 Å². The van der Waals surface area contributed by atoms with Crippen LogP contribution in [0.2, 0.25) is 0 Å². The van der Waals surface area contributed by atoms with Crippen LogP contribution >= 0.6 is 0 Å². The average Bonchev–Trinajstić information content (AvgIpc) is 2.77. The highest BCUT2D eigenvalue weighted by Crippen LogP contribution is 2.32. The molecule has 2 atom stereocenters. The van der Waals surface area contributed by atoms with E-state index < -0.39 is 6.10 Å². The van der Waals surface area contributed by atoms with Crippen LogP contribution in [0.4, 0.5) is 21.8 Å². The number of nitrogens with one attached hydrogen (secondary N) is 2. The number of aryl methyl sites for hydroxylation is 1. The molecule has 1 aliphatic rings. The van der Waals surface area contributed by atoms with E-state index >= 15 is 0 Å². The molecule has 7 nitrogen and oxygen atoms in total. The zero-order valence-electron chi connectivity index (χ0n) is 17.6. The maximum absolute atomic E-state index is 13.1. The molecule has 0 radical (unpaired) electrons. The van der Waals surface area contributed by atoms with Crippen molar-refractivity contribution in [2.75, 3.05) is 22.6 Å². The number of aliphatic hydroxyl groups excluding tert-OH is 1. The molecule has 31 heavy (non-hydrogen) atoms. The maximum Gasteiger partial charge on any atom is 0.246 e. The maximum atomic E-state index is 13.1. The number of halogens is 1. The molecular weight excluding hydrogens is 397 g/mol. The first kappa shape index (κ1) is 20.7. The monoisotopic (exact) mass is 421 g/mol. The summed E-state index contributed by atoms with van der Waals surface area (Å²) in [7, 11) is 1.84. The van der Waals surface area contributed by atoms with Crippen molar-refractivity contribution in [3.05, 3.63) is 76.7 Å². The van der Waals surface area contributed by atoms with Crippen LogP contribution in [0.25, 0.3) is 0 Å². The van der Waals surface area contributed by atoms with Crippen LogP contribution in [0, 0.1) is 12.7 Å². The number of aromatic nitrogens is 2. The molecule has 0 aliphatic carbocycles. The summed E-state index contributed by atoms with van der Waals surface area (Å²) >= 11 is 0. The summed E-state index contributed by atoms with van der Waals surface area (Å²) in [5, 5.41) is 16.6. The van der Waals surface area contributed by atoms with Gasteiger partial charge in [-0.05, 0) is 42.7 Å². The zero-order chi connectivity index (χ0) is 22.1. The highest BCUT2D eigenvalue weighted by molar-refractivity contribution is 6.03. The molecule has 1 unspecified atom stereocenters. The van der Waals surface area contributed by atoms with Crippen molar-refractivity contribution in [3.8, 4) is 0 Å². The Bertz CT molecular complexity index is 1100. The fourth-order valence-corrected chi connectivity index (χ4v) is 3.46. The minimum atomic E-state index is -0.818. The predicted octanol–water partition coefficient (Wildman–Crippen LogP) is 3.39. The molecule has 3 aromatic rings. The number of hydrogen-bond acceptors (Lipinski definition) is 6. The Morgan fingerprint density at radius 3 is 2.39 bits per heavy atom. The second kappa shape index (κ2) is 8.31. The molecule has 0 bridgehead atoms. The highest BCUT2D eigenvalue weighted by atomic mass is 19.1. The zero-order valence-corrected chi connectivity index (χ0v) is 17.6. The molecule has 3 N–H and O–H groups in total. The van der Waals surface area contributed by atoms with E-state index in [2.05, 4.69) is 20.6 Å². The SMILES string of the molecule is Cc1nc(NCc2ccc(C(O)c3ccc(F)cc3)cc2)nc2c1NC(=O)[C@H](C)N2C. The topological polar surface area (TPSA) is 90.4 Å². The van der Waals surface area contributed by atoms with Crippen molar-refractivity contribution in [2.45, 2.75) is 32.5 Å². The summed E-state index contributed by atoms with van der Waals surface area (Å²) in [6, 6.07) is 13.0. The third-order valence-corrected chi connectivity index (χ3v) is 5.55. The number of fused-ring (bicyclic) bond motifs is 1. The van der Waals surface area contributed by atoms with Gasteiger partial charge < -0.3 is 20.6 Å². The summed E-state index contributed by atoms with van der Waals surface area (Å²) in [4.78, 5) is 22.9. The minimum Gasteiger partial charge on any atom is -0.384 e. The number of carbonyl (C=O) groups excluding carboxylic acids is 1. The van der Waals surface area contributed by atoms with Gasteiger partial charge in [0, 0.05) is 13.6 Å². The normalized spacial score (nSPS) is 16.5. The van der Waals surface area contributed by atoms with Crippen LogP contribution in [0.5, 0.6) is 0 Å². The largest absolute Gasteiger partial charge is 0.384 e. The summed E-state index contributed by atoms with van der Waals surface area (Å²) in [6.07, 6.45) is -0.818. The van der Waals surface area contributed by atoms with Crippen LogP contribution < -0.4 is 15.5 Å². The highest BCUT2D eigenvalue weighted by Gasteiger charge is 2.30. The Labute approximate surface area is 180 Å². The van der Waals surface area contributed by atoms with Crippen molar-refractivity contribution in [1.82, 2.24) is 9.97 Å². The number of rotatable bonds is 5. The lowest BCUT2D eigenvalue weighted by atomic mass is 10.0. The Kier molecular flexibility index (Phi) is 5.56. The molecule has 1 amide bonds. The Balaban J connectivity index is 1.46. The number of likely N-dealkylation sites (N-methyl/N-ethyl adjacent to an activating group) is 1. The molecule has 4 rings (SSSR count). The summed E-state index contributed by atoms with van der Waals surface area (Å²) in [6.45, 7) is 4.16. The number of benzene rings is 2. The van der Waals surface area contributed by atoms with Gasteiger partial charge in [0.1, 0.15) is 23.7 Å². The van der Waals surface area contributed by atoms with Gasteiger partial charge in [-0.25, -0.2) is 9.37 Å². The molecule has 1 aliphatic heterocycles. The van der Waals surface area contributed by atoms with Gasteiger partial charge in [-0.15, -0.1) is 0 Å². The van der Waals surface area contributed by atoms with Crippen LogP contribution in [-0.2, 0) is 11.3 Å². The lowest BCUT2D eigenvalue weighted by Crippen LogP contribution is -2.44. The van der Waals surface area contributed by atoms with Gasteiger partial charge in [0.05, 0.1) is 5.69 Å². The number of nitrogens with zero attached hydrogens (tertiary/aromatic N) is 3. The van der Waals surface area contributed by atoms with E-state index in [4.69, 9.17) is 0 Å². The van der Waals surface area contributed by atoms with Gasteiger partial charge in [0.2, 0.25) is 11.9 Å². The van der Waals surface area contributed by atoms with Gasteiger partial charge in [0.15, 0.2) is 5.82 Å². The summed E-state index contributed by atoms with van der Waals surface area (Å²) in [5.74, 6) is 0.743. The number of hydrogen-bond donors (Lipinski definition) is 3. The van der Waals surface area contributed by atoms with Crippen molar-refractivity contribution >= 4 is 23.4 Å². The van der Waals surface area contributed by atoms with Crippen LogP contribution in [0.1, 0.15) is 35.4 Å². The summed E-state index contributed by atoms with van der Waals surface area (Å²) in [5.41, 5.74) is 3.68. The molecule has 0 saturated heterocycles. The van der Waals surface area contributed by atoms with Gasteiger partial charge in [-0.1, -0.05) is 36.4 Å². The van der Waals surface area contributed by atoms with Crippen LogP contribution in [0.15, 0.2) is 48.5 Å². The number of anilines is 3. The molecule has 160 valence electrons. The first-order valence-corrected chi connectivity index (χ1v) is 10.0. The van der Waals surface area contributed by atoms with Gasteiger partial charge in [0.25, 0.3) is 0 Å². The molecule has 0 saturated carbocycles. The number of aliphatic hydroxyl groups is 1. The first-order valence-electron chi connectivity index (χ1n) is 10.0. The van der Waals surface area contributed by atoms with E-state index in [0.717, 1.165) is 11.1 Å².